The van der Waals surface area contributed by atoms with Gasteiger partial charge >= 0.3 is 0 Å². The molecule has 0 atom stereocenters. The predicted molar refractivity (Wildman–Crippen MR) is 105 cm³/mol. The molecular formula is C17H14ClN5OS2. The van der Waals surface area contributed by atoms with Crippen LogP contribution in [0.2, 0.25) is 5.02 Å². The molecule has 0 aliphatic rings. The second kappa shape index (κ2) is 6.86. The highest BCUT2D eigenvalue weighted by Gasteiger charge is 2.11. The highest BCUT2D eigenvalue weighted by molar-refractivity contribution is 7.98. The Morgan fingerprint density at radius 3 is 2.92 bits per heavy atom. The summed E-state index contributed by atoms with van der Waals surface area (Å²) in [6.45, 7) is 3.86. The van der Waals surface area contributed by atoms with Crippen molar-refractivity contribution in [3.05, 3.63) is 68.3 Å². The van der Waals surface area contributed by atoms with Gasteiger partial charge in [0, 0.05) is 27.9 Å². The quantitative estimate of drug-likeness (QED) is 0.483. The van der Waals surface area contributed by atoms with Crippen molar-refractivity contribution < 1.29 is 0 Å². The van der Waals surface area contributed by atoms with Gasteiger partial charge in [0.05, 0.1) is 11.4 Å². The zero-order valence-electron chi connectivity index (χ0n) is 14.0. The fourth-order valence-electron chi connectivity index (χ4n) is 2.54. The molecule has 3 heterocycles. The summed E-state index contributed by atoms with van der Waals surface area (Å²) in [5, 5.41) is 11.5. The number of aryl methyl sites for hydroxylation is 2. The van der Waals surface area contributed by atoms with Crippen LogP contribution in [0.5, 0.6) is 0 Å². The highest BCUT2D eigenvalue weighted by atomic mass is 35.5. The molecule has 1 aromatic carbocycles. The van der Waals surface area contributed by atoms with E-state index < -0.39 is 0 Å². The summed E-state index contributed by atoms with van der Waals surface area (Å²) in [5.41, 5.74) is 3.47. The Morgan fingerprint density at radius 2 is 2.12 bits per heavy atom. The summed E-state index contributed by atoms with van der Waals surface area (Å²) in [4.78, 5) is 17.5. The van der Waals surface area contributed by atoms with Crippen molar-refractivity contribution in [3.8, 4) is 5.69 Å². The van der Waals surface area contributed by atoms with Gasteiger partial charge in [0.15, 0.2) is 10.1 Å². The molecule has 6 nitrogen and oxygen atoms in total. The van der Waals surface area contributed by atoms with E-state index in [1.807, 2.05) is 42.0 Å². The predicted octanol–water partition coefficient (Wildman–Crippen LogP) is 3.90. The van der Waals surface area contributed by atoms with Crippen LogP contribution in [-0.2, 0) is 5.75 Å². The van der Waals surface area contributed by atoms with E-state index in [9.17, 15) is 4.79 Å². The monoisotopic (exact) mass is 403 g/mol. The summed E-state index contributed by atoms with van der Waals surface area (Å²) in [6, 6.07) is 7.39. The standard InChI is InChI=1S/C17H14ClN5OS2/c1-10-3-4-13(6-14(10)18)22-9-19-21-17(22)26-8-12-5-15(24)23-11(2)7-25-16(23)20-12/h3-7,9H,8H2,1-2H3. The van der Waals surface area contributed by atoms with E-state index in [0.29, 0.717) is 20.9 Å². The number of hydrogen-bond acceptors (Lipinski definition) is 6. The number of fused-ring (bicyclic) bond motifs is 1. The van der Waals surface area contributed by atoms with Crippen LogP contribution in [0.1, 0.15) is 17.0 Å². The van der Waals surface area contributed by atoms with Gasteiger partial charge in [-0.1, -0.05) is 29.4 Å². The lowest BCUT2D eigenvalue weighted by Crippen LogP contribution is -2.14. The molecule has 0 radical (unpaired) electrons. The first kappa shape index (κ1) is 17.3. The first-order chi connectivity index (χ1) is 12.5. The van der Waals surface area contributed by atoms with Crippen LogP contribution in [0.4, 0.5) is 0 Å². The Kier molecular flexibility index (Phi) is 4.56. The first-order valence-electron chi connectivity index (χ1n) is 7.79. The molecule has 0 N–H and O–H groups in total. The number of halogens is 1. The van der Waals surface area contributed by atoms with Gasteiger partial charge in [0.2, 0.25) is 0 Å². The van der Waals surface area contributed by atoms with E-state index in [2.05, 4.69) is 15.2 Å². The second-order valence-corrected chi connectivity index (χ2v) is 7.97. The van der Waals surface area contributed by atoms with Gasteiger partial charge in [0.1, 0.15) is 6.33 Å². The molecule has 9 heteroatoms. The number of benzene rings is 1. The van der Waals surface area contributed by atoms with Gasteiger partial charge in [-0.2, -0.15) is 0 Å². The molecule has 0 bridgehead atoms. The fraction of sp³-hybridized carbons (Fsp3) is 0.176. The number of thioether (sulfide) groups is 1. The first-order valence-corrected chi connectivity index (χ1v) is 10.0. The average Bonchev–Trinajstić information content (AvgIpc) is 3.22. The van der Waals surface area contributed by atoms with E-state index in [4.69, 9.17) is 11.6 Å². The maximum Gasteiger partial charge on any atom is 0.258 e. The van der Waals surface area contributed by atoms with E-state index in [1.165, 1.54) is 23.1 Å². The number of hydrogen-bond donors (Lipinski definition) is 0. The van der Waals surface area contributed by atoms with Crippen molar-refractivity contribution in [2.45, 2.75) is 24.8 Å². The van der Waals surface area contributed by atoms with Crippen LogP contribution in [0, 0.1) is 13.8 Å². The minimum atomic E-state index is -0.0591. The summed E-state index contributed by atoms with van der Waals surface area (Å²) in [5.74, 6) is 0.529. The third-order valence-electron chi connectivity index (χ3n) is 3.93. The van der Waals surface area contributed by atoms with Crippen molar-refractivity contribution in [1.82, 2.24) is 24.1 Å². The second-order valence-electron chi connectivity index (χ2n) is 5.79. The lowest BCUT2D eigenvalue weighted by molar-refractivity contribution is 0.882. The molecule has 132 valence electrons. The topological polar surface area (TPSA) is 65.1 Å². The van der Waals surface area contributed by atoms with Crippen LogP contribution >= 0.6 is 34.7 Å². The average molecular weight is 404 g/mol. The van der Waals surface area contributed by atoms with Gasteiger partial charge in [-0.05, 0) is 31.5 Å². The summed E-state index contributed by atoms with van der Waals surface area (Å²) < 4.78 is 3.49. The lowest BCUT2D eigenvalue weighted by atomic mass is 10.2. The third-order valence-corrected chi connectivity index (χ3v) is 6.26. The Morgan fingerprint density at radius 1 is 1.27 bits per heavy atom. The van der Waals surface area contributed by atoms with Crippen molar-refractivity contribution in [2.24, 2.45) is 0 Å². The van der Waals surface area contributed by atoms with Crippen molar-refractivity contribution >= 4 is 39.7 Å². The Bertz CT molecular complexity index is 1160. The van der Waals surface area contributed by atoms with Gasteiger partial charge in [-0.15, -0.1) is 21.5 Å². The molecule has 0 amide bonds. The zero-order chi connectivity index (χ0) is 18.3. The number of rotatable bonds is 4. The molecule has 0 fully saturated rings. The van der Waals surface area contributed by atoms with Crippen LogP contribution in [0.25, 0.3) is 10.6 Å². The Hall–Kier alpha value is -2.16. The van der Waals surface area contributed by atoms with E-state index in [0.717, 1.165) is 22.6 Å². The lowest BCUT2D eigenvalue weighted by Gasteiger charge is -2.08. The minimum absolute atomic E-state index is 0.0591. The third kappa shape index (κ3) is 3.15. The molecule has 26 heavy (non-hydrogen) atoms. The SMILES string of the molecule is Cc1ccc(-n2cnnc2SCc2cc(=O)n3c(C)csc3n2)cc1Cl. The van der Waals surface area contributed by atoms with Crippen molar-refractivity contribution in [2.75, 3.05) is 0 Å². The molecule has 0 saturated heterocycles. The van der Waals surface area contributed by atoms with Crippen LogP contribution in [0.15, 0.2) is 45.9 Å². The largest absolute Gasteiger partial charge is 0.277 e. The van der Waals surface area contributed by atoms with E-state index in [-0.39, 0.29) is 5.56 Å². The van der Waals surface area contributed by atoms with Gasteiger partial charge in [0.25, 0.3) is 5.56 Å². The van der Waals surface area contributed by atoms with Gasteiger partial charge in [-0.3, -0.25) is 13.8 Å². The Labute approximate surface area is 162 Å². The molecule has 4 aromatic rings. The Balaban J connectivity index is 1.60. The minimum Gasteiger partial charge on any atom is -0.277 e. The van der Waals surface area contributed by atoms with E-state index >= 15 is 0 Å². The van der Waals surface area contributed by atoms with Crippen molar-refractivity contribution in [3.63, 3.8) is 0 Å². The fourth-order valence-corrected chi connectivity index (χ4v) is 4.43. The van der Waals surface area contributed by atoms with Crippen LogP contribution in [-0.4, -0.2) is 24.1 Å². The summed E-state index contributed by atoms with van der Waals surface area (Å²) >= 11 is 9.16. The molecule has 0 aliphatic carbocycles. The number of aromatic nitrogens is 5. The highest BCUT2D eigenvalue weighted by Crippen LogP contribution is 2.25. The molecule has 0 saturated carbocycles. The number of thiazole rings is 1. The van der Waals surface area contributed by atoms with Gasteiger partial charge in [-0.25, -0.2) is 4.98 Å². The normalized spacial score (nSPS) is 11.3. The van der Waals surface area contributed by atoms with Crippen LogP contribution < -0.4 is 5.56 Å². The van der Waals surface area contributed by atoms with Gasteiger partial charge < -0.3 is 0 Å². The van der Waals surface area contributed by atoms with E-state index in [1.54, 1.807) is 16.8 Å². The molecule has 0 aliphatic heterocycles. The molecule has 0 unspecified atom stereocenters. The molecule has 3 aromatic heterocycles. The molecule has 4 rings (SSSR count). The smallest absolute Gasteiger partial charge is 0.258 e. The molecular weight excluding hydrogens is 390 g/mol. The molecule has 0 spiro atoms. The summed E-state index contributed by atoms with van der Waals surface area (Å²) in [7, 11) is 0. The zero-order valence-corrected chi connectivity index (χ0v) is 16.4. The number of nitrogens with zero attached hydrogens (tertiary/aromatic N) is 5. The maximum atomic E-state index is 12.3. The van der Waals surface area contributed by atoms with Crippen molar-refractivity contribution in [1.29, 1.82) is 0 Å². The van der Waals surface area contributed by atoms with Crippen LogP contribution in [0.3, 0.4) is 0 Å². The maximum absolute atomic E-state index is 12.3. The summed E-state index contributed by atoms with van der Waals surface area (Å²) in [6.07, 6.45) is 1.65.